The van der Waals surface area contributed by atoms with E-state index in [0.29, 0.717) is 22.4 Å². The molecule has 2 saturated heterocycles. The van der Waals surface area contributed by atoms with Gasteiger partial charge in [-0.3, -0.25) is 9.00 Å². The minimum Gasteiger partial charge on any atom is -0.508 e. The van der Waals surface area contributed by atoms with Crippen molar-refractivity contribution in [3.63, 3.8) is 0 Å². The number of amides is 1. The first-order valence-electron chi connectivity index (χ1n) is 15.2. The van der Waals surface area contributed by atoms with Crippen LogP contribution in [0.1, 0.15) is 23.3 Å². The van der Waals surface area contributed by atoms with Gasteiger partial charge in [-0.1, -0.05) is 54.6 Å². The molecular weight excluding hydrogens is 661 g/mol. The molecule has 256 valence electrons. The van der Waals surface area contributed by atoms with Crippen LogP contribution in [0.4, 0.5) is 10.1 Å². The summed E-state index contributed by atoms with van der Waals surface area (Å²) in [7, 11) is -2.01. The van der Waals surface area contributed by atoms with Crippen molar-refractivity contribution in [1.29, 1.82) is 0 Å². The zero-order chi connectivity index (χ0) is 35.0. The van der Waals surface area contributed by atoms with Gasteiger partial charge in [-0.2, -0.15) is 0 Å². The average Bonchev–Trinajstić information content (AvgIpc) is 3.08. The van der Waals surface area contributed by atoms with Crippen LogP contribution in [0.5, 0.6) is 11.5 Å². The number of carbonyl (C=O) groups is 2. The number of nitrogens with zero attached hydrogens (tertiary/aromatic N) is 1. The van der Waals surface area contributed by atoms with Crippen LogP contribution < -0.4 is 9.64 Å². The molecule has 6 rings (SSSR count). The molecule has 14 heteroatoms. The van der Waals surface area contributed by atoms with E-state index in [1.165, 1.54) is 35.2 Å². The Morgan fingerprint density at radius 1 is 0.898 bits per heavy atom. The Balaban J connectivity index is 1.42. The topological polar surface area (TPSA) is 194 Å². The monoisotopic (exact) mass is 693 g/mol. The summed E-state index contributed by atoms with van der Waals surface area (Å²) < 4.78 is 38.8. The highest BCUT2D eigenvalue weighted by atomic mass is 32.2. The normalized spacial score (nSPS) is 26.4. The van der Waals surface area contributed by atoms with Gasteiger partial charge in [0.15, 0.2) is 6.10 Å². The Morgan fingerprint density at radius 2 is 1.59 bits per heavy atom. The fourth-order valence-corrected chi connectivity index (χ4v) is 7.56. The molecule has 0 aromatic heterocycles. The molecule has 0 aliphatic carbocycles. The first kappa shape index (κ1) is 34.2. The SMILES string of the molecule is O=C(O)C1O[C@@H](Oc2cc(-c3cccc(O)c3)ccc2[C@@H]2[C@@H](S(=O)C[C@H](O)c3ccc(F)cc3)C(=O)N2c2ccccc2)C(O)C(O)[C@@H]1O. The van der Waals surface area contributed by atoms with E-state index in [1.807, 2.05) is 0 Å². The minimum atomic E-state index is -2.01. The number of β-lactam (4-membered cyclic amide) rings is 1. The third-order valence-electron chi connectivity index (χ3n) is 8.51. The number of aromatic hydroxyl groups is 1. The Morgan fingerprint density at radius 3 is 2.27 bits per heavy atom. The van der Waals surface area contributed by atoms with E-state index in [-0.39, 0.29) is 22.8 Å². The van der Waals surface area contributed by atoms with E-state index in [4.69, 9.17) is 9.47 Å². The number of phenolic OH excluding ortho intramolecular Hbond substituents is 1. The molecule has 2 aliphatic rings. The smallest absolute Gasteiger partial charge is 0.335 e. The molecule has 49 heavy (non-hydrogen) atoms. The van der Waals surface area contributed by atoms with Crippen LogP contribution in [-0.2, 0) is 25.1 Å². The maximum Gasteiger partial charge on any atom is 0.335 e. The van der Waals surface area contributed by atoms with Crippen molar-refractivity contribution in [2.24, 2.45) is 0 Å². The molecule has 0 bridgehead atoms. The molecule has 12 nitrogen and oxygen atoms in total. The van der Waals surface area contributed by atoms with Gasteiger partial charge in [-0.05, 0) is 59.2 Å². The lowest BCUT2D eigenvalue weighted by atomic mass is 9.90. The Kier molecular flexibility index (Phi) is 9.79. The van der Waals surface area contributed by atoms with Crippen molar-refractivity contribution in [1.82, 2.24) is 0 Å². The van der Waals surface area contributed by atoms with Crippen molar-refractivity contribution in [2.45, 2.75) is 48.1 Å². The van der Waals surface area contributed by atoms with Gasteiger partial charge in [0.2, 0.25) is 12.2 Å². The number of aliphatic hydroxyl groups excluding tert-OH is 4. The summed E-state index contributed by atoms with van der Waals surface area (Å²) in [6.45, 7) is 0. The predicted molar refractivity (Wildman–Crippen MR) is 173 cm³/mol. The molecule has 0 saturated carbocycles. The van der Waals surface area contributed by atoms with Crippen LogP contribution in [0.2, 0.25) is 0 Å². The lowest BCUT2D eigenvalue weighted by Crippen LogP contribution is -2.62. The van der Waals surface area contributed by atoms with E-state index in [9.17, 15) is 48.8 Å². The maximum atomic E-state index is 13.9. The highest BCUT2D eigenvalue weighted by Gasteiger charge is 2.54. The van der Waals surface area contributed by atoms with Gasteiger partial charge in [0.25, 0.3) is 0 Å². The van der Waals surface area contributed by atoms with Crippen molar-refractivity contribution < 1.29 is 58.3 Å². The van der Waals surface area contributed by atoms with Gasteiger partial charge in [-0.25, -0.2) is 9.18 Å². The second kappa shape index (κ2) is 14.0. The number of halogens is 1. The van der Waals surface area contributed by atoms with Gasteiger partial charge in [0.05, 0.1) is 17.9 Å². The number of phenols is 1. The summed E-state index contributed by atoms with van der Waals surface area (Å²) in [6.07, 6.45) is -10.9. The standard InChI is InChI=1S/C35H32FNO11S/c36-21-12-9-18(10-13-21)25(39)17-49(46)32-27(37(33(32)43)22-6-2-1-3-7-22)24-14-11-20(19-5-4-8-23(38)15-19)16-26(24)47-35-30(42)28(40)29(41)31(48-35)34(44)45/h1-16,25,27-32,35,38-42H,17H2,(H,44,45)/t25-,27+,28?,29-,30?,31?,32+,35+,49?/m0/s1. The highest BCUT2D eigenvalue weighted by molar-refractivity contribution is 7.86. The molecule has 1 amide bonds. The van der Waals surface area contributed by atoms with Gasteiger partial charge in [0.1, 0.15) is 40.9 Å². The number of carboxylic acid groups (broad SMARTS) is 1. The number of ether oxygens (including phenoxy) is 2. The molecule has 0 spiro atoms. The lowest BCUT2D eigenvalue weighted by Gasteiger charge is -2.47. The number of hydrogen-bond acceptors (Lipinski definition) is 10. The van der Waals surface area contributed by atoms with Crippen LogP contribution in [0, 0.1) is 5.82 Å². The molecule has 4 aromatic carbocycles. The minimum absolute atomic E-state index is 0.0356. The van der Waals surface area contributed by atoms with Gasteiger partial charge in [-0.15, -0.1) is 0 Å². The summed E-state index contributed by atoms with van der Waals surface area (Å²) in [6, 6.07) is 23.5. The van der Waals surface area contributed by atoms with Crippen molar-refractivity contribution in [3.8, 4) is 22.6 Å². The van der Waals surface area contributed by atoms with Crippen LogP contribution in [0.25, 0.3) is 11.1 Å². The number of aliphatic carboxylic acids is 1. The number of para-hydroxylation sites is 1. The summed E-state index contributed by atoms with van der Waals surface area (Å²) >= 11 is 0. The Hall–Kier alpha value is -4.70. The summed E-state index contributed by atoms with van der Waals surface area (Å²) in [5.74, 6) is -3.12. The van der Waals surface area contributed by atoms with Crippen LogP contribution in [-0.4, -0.2) is 88.4 Å². The average molecular weight is 694 g/mol. The molecule has 4 aromatic rings. The maximum absolute atomic E-state index is 13.9. The fraction of sp³-hybridized carbons (Fsp3) is 0.257. The van der Waals surface area contributed by atoms with Crippen molar-refractivity contribution in [3.05, 3.63) is 114 Å². The molecule has 6 N–H and O–H groups in total. The number of benzene rings is 4. The zero-order valence-corrected chi connectivity index (χ0v) is 26.3. The van der Waals surface area contributed by atoms with Crippen LogP contribution in [0.3, 0.4) is 0 Å². The van der Waals surface area contributed by atoms with E-state index in [0.717, 1.165) is 12.1 Å². The Labute approximate surface area is 281 Å². The van der Waals surface area contributed by atoms with E-state index < -0.39 is 76.6 Å². The van der Waals surface area contributed by atoms with E-state index in [1.54, 1.807) is 54.6 Å². The van der Waals surface area contributed by atoms with Gasteiger partial charge < -0.3 is 45.0 Å². The third-order valence-corrected chi connectivity index (χ3v) is 10.2. The quantitative estimate of drug-likeness (QED) is 0.134. The molecule has 0 radical (unpaired) electrons. The zero-order valence-electron chi connectivity index (χ0n) is 25.5. The number of carboxylic acids is 1. The first-order chi connectivity index (χ1) is 23.4. The van der Waals surface area contributed by atoms with E-state index >= 15 is 0 Å². The molecule has 2 fully saturated rings. The number of anilines is 1. The number of hydrogen-bond donors (Lipinski definition) is 6. The van der Waals surface area contributed by atoms with Crippen molar-refractivity contribution in [2.75, 3.05) is 10.7 Å². The molecule has 2 aliphatic heterocycles. The lowest BCUT2D eigenvalue weighted by molar-refractivity contribution is -0.271. The summed E-state index contributed by atoms with van der Waals surface area (Å²) in [4.78, 5) is 27.0. The summed E-state index contributed by atoms with van der Waals surface area (Å²) in [5, 5.41) is 60.8. The molecular formula is C35H32FNO11S. The van der Waals surface area contributed by atoms with Crippen LogP contribution >= 0.6 is 0 Å². The molecule has 2 heterocycles. The summed E-state index contributed by atoms with van der Waals surface area (Å²) in [5.41, 5.74) is 2.02. The van der Waals surface area contributed by atoms with Crippen LogP contribution in [0.15, 0.2) is 97.1 Å². The number of aliphatic hydroxyl groups is 4. The van der Waals surface area contributed by atoms with Gasteiger partial charge in [0, 0.05) is 22.1 Å². The first-order valence-corrected chi connectivity index (χ1v) is 16.5. The third kappa shape index (κ3) is 6.79. The number of rotatable bonds is 10. The molecule has 9 atom stereocenters. The highest BCUT2D eigenvalue weighted by Crippen LogP contribution is 2.47. The van der Waals surface area contributed by atoms with Crippen molar-refractivity contribution >= 4 is 28.4 Å². The number of carbonyl (C=O) groups excluding carboxylic acids is 1. The second-order valence-electron chi connectivity index (χ2n) is 11.7. The second-order valence-corrected chi connectivity index (χ2v) is 13.3. The fourth-order valence-electron chi connectivity index (χ4n) is 5.96. The predicted octanol–water partition coefficient (Wildman–Crippen LogP) is 2.41. The van der Waals surface area contributed by atoms with Gasteiger partial charge >= 0.3 is 5.97 Å². The largest absolute Gasteiger partial charge is 0.508 e. The van der Waals surface area contributed by atoms with E-state index in [2.05, 4.69) is 0 Å². The molecule has 4 unspecified atom stereocenters. The Bertz CT molecular complexity index is 1860.